The Morgan fingerprint density at radius 3 is 1.23 bits per heavy atom. The first-order chi connectivity index (χ1) is 5.80. The zero-order valence-corrected chi connectivity index (χ0v) is 7.67. The second-order valence-electron chi connectivity index (χ2n) is 1.91. The van der Waals surface area contributed by atoms with Gasteiger partial charge in [0.2, 0.25) is 0 Å². The molecule has 7 heteroatoms. The van der Waals surface area contributed by atoms with Gasteiger partial charge in [-0.15, -0.1) is 0 Å². The van der Waals surface area contributed by atoms with Crippen LogP contribution in [0.5, 0.6) is 0 Å². The molecule has 1 aromatic carbocycles. The first-order valence-electron chi connectivity index (χ1n) is 3.08. The molecule has 0 fully saturated rings. The van der Waals surface area contributed by atoms with Crippen molar-refractivity contribution in [3.8, 4) is 0 Å². The summed E-state index contributed by atoms with van der Waals surface area (Å²) in [7, 11) is -6.00. The molecule has 0 atom stereocenters. The minimum atomic E-state index is -6.00. The standard InChI is InChI=1S/C6H4Cl2.BF4/c7-5-3-1-2-4-6(5)8;2-1(3,4)5/h1-4H;/q;-1. The van der Waals surface area contributed by atoms with Gasteiger partial charge in [-0.2, -0.15) is 0 Å². The highest BCUT2D eigenvalue weighted by molar-refractivity contribution is 6.50. The lowest BCUT2D eigenvalue weighted by Gasteiger charge is -1.94. The predicted molar refractivity (Wildman–Crippen MR) is 46.6 cm³/mol. The van der Waals surface area contributed by atoms with E-state index in [0.717, 1.165) is 0 Å². The van der Waals surface area contributed by atoms with Gasteiger partial charge in [0.25, 0.3) is 0 Å². The first kappa shape index (κ1) is 12.6. The van der Waals surface area contributed by atoms with E-state index in [1.54, 1.807) is 12.1 Å². The lowest BCUT2D eigenvalue weighted by atomic mass is 10.3. The van der Waals surface area contributed by atoms with E-state index in [9.17, 15) is 17.3 Å². The van der Waals surface area contributed by atoms with E-state index in [2.05, 4.69) is 0 Å². The van der Waals surface area contributed by atoms with Gasteiger partial charge in [-0.05, 0) is 12.1 Å². The summed E-state index contributed by atoms with van der Waals surface area (Å²) in [5.74, 6) is 0. The molecule has 13 heavy (non-hydrogen) atoms. The van der Waals surface area contributed by atoms with E-state index < -0.39 is 7.25 Å². The third-order valence-corrected chi connectivity index (χ3v) is 1.58. The van der Waals surface area contributed by atoms with Crippen molar-refractivity contribution in [1.82, 2.24) is 0 Å². The van der Waals surface area contributed by atoms with Crippen molar-refractivity contribution < 1.29 is 17.3 Å². The van der Waals surface area contributed by atoms with Crippen LogP contribution in [0.4, 0.5) is 17.3 Å². The molecule has 1 rings (SSSR count). The monoisotopic (exact) mass is 233 g/mol. The number of hydrogen-bond donors (Lipinski definition) is 0. The van der Waals surface area contributed by atoms with Crippen LogP contribution >= 0.6 is 23.2 Å². The van der Waals surface area contributed by atoms with Crippen molar-refractivity contribution in [3.63, 3.8) is 0 Å². The number of hydrogen-bond acceptors (Lipinski definition) is 0. The van der Waals surface area contributed by atoms with Gasteiger partial charge in [0.05, 0.1) is 10.0 Å². The quantitative estimate of drug-likeness (QED) is 0.463. The molecule has 0 aliphatic heterocycles. The lowest BCUT2D eigenvalue weighted by molar-refractivity contribution is 0.368. The van der Waals surface area contributed by atoms with Crippen molar-refractivity contribution in [3.05, 3.63) is 34.3 Å². The largest absolute Gasteiger partial charge is 0.673 e. The Balaban J connectivity index is 0.000000252. The summed E-state index contributed by atoms with van der Waals surface area (Å²) in [6, 6.07) is 7.19. The van der Waals surface area contributed by atoms with Crippen LogP contribution in [0.15, 0.2) is 24.3 Å². The highest BCUT2D eigenvalue weighted by Crippen LogP contribution is 2.19. The van der Waals surface area contributed by atoms with Crippen LogP contribution in [0.1, 0.15) is 0 Å². The summed E-state index contributed by atoms with van der Waals surface area (Å²) in [6.07, 6.45) is 0. The average Bonchev–Trinajstić information content (AvgIpc) is 1.92. The summed E-state index contributed by atoms with van der Waals surface area (Å²) in [5.41, 5.74) is 0. The zero-order valence-electron chi connectivity index (χ0n) is 6.15. The summed E-state index contributed by atoms with van der Waals surface area (Å²) >= 11 is 11.2. The molecule has 0 amide bonds. The SMILES string of the molecule is Clc1ccccc1Cl.F[B-](F)(F)F. The number of benzene rings is 1. The Labute approximate surface area is 82.6 Å². The molecule has 1 aromatic rings. The van der Waals surface area contributed by atoms with Gasteiger partial charge in [0.15, 0.2) is 0 Å². The Hall–Kier alpha value is -0.415. The van der Waals surface area contributed by atoms with Gasteiger partial charge in [-0.25, -0.2) is 0 Å². The number of halogens is 6. The molecule has 0 saturated heterocycles. The van der Waals surface area contributed by atoms with E-state index >= 15 is 0 Å². The van der Waals surface area contributed by atoms with E-state index in [4.69, 9.17) is 23.2 Å². The van der Waals surface area contributed by atoms with Crippen LogP contribution in [0.25, 0.3) is 0 Å². The Bertz CT molecular complexity index is 236. The summed E-state index contributed by atoms with van der Waals surface area (Å²) in [4.78, 5) is 0. The second kappa shape index (κ2) is 5.34. The van der Waals surface area contributed by atoms with Crippen LogP contribution in [-0.2, 0) is 0 Å². The van der Waals surface area contributed by atoms with E-state index in [1.165, 1.54) is 0 Å². The average molecular weight is 234 g/mol. The van der Waals surface area contributed by atoms with Gasteiger partial charge >= 0.3 is 7.25 Å². The summed E-state index contributed by atoms with van der Waals surface area (Å²) in [6.45, 7) is 0. The van der Waals surface area contributed by atoms with E-state index in [0.29, 0.717) is 10.0 Å². The van der Waals surface area contributed by atoms with Crippen molar-refractivity contribution in [2.45, 2.75) is 0 Å². The fraction of sp³-hybridized carbons (Fsp3) is 0. The van der Waals surface area contributed by atoms with Crippen molar-refractivity contribution in [1.29, 1.82) is 0 Å². The lowest BCUT2D eigenvalue weighted by Crippen LogP contribution is -2.02. The van der Waals surface area contributed by atoms with Crippen molar-refractivity contribution in [2.24, 2.45) is 0 Å². The maximum Gasteiger partial charge on any atom is 0.673 e. The fourth-order valence-electron chi connectivity index (χ4n) is 0.439. The third-order valence-electron chi connectivity index (χ3n) is 0.824. The van der Waals surface area contributed by atoms with Crippen LogP contribution in [0, 0.1) is 0 Å². The number of rotatable bonds is 0. The van der Waals surface area contributed by atoms with Crippen LogP contribution in [-0.4, -0.2) is 7.25 Å². The second-order valence-corrected chi connectivity index (χ2v) is 2.72. The highest BCUT2D eigenvalue weighted by atomic mass is 35.5. The first-order valence-corrected chi connectivity index (χ1v) is 3.83. The Morgan fingerprint density at radius 2 is 1.08 bits per heavy atom. The molecule has 74 valence electrons. The van der Waals surface area contributed by atoms with Gasteiger partial charge in [-0.1, -0.05) is 35.3 Å². The normalized spacial score (nSPS) is 10.3. The molecule has 0 aliphatic rings. The predicted octanol–water partition coefficient (Wildman–Crippen LogP) is 4.29. The molecule has 0 heterocycles. The summed E-state index contributed by atoms with van der Waals surface area (Å²) in [5, 5.41) is 1.21. The molecular formula is C6H4BCl2F4-. The molecule has 0 nitrogen and oxygen atoms in total. The highest BCUT2D eigenvalue weighted by Gasteiger charge is 2.20. The molecule has 0 unspecified atom stereocenters. The zero-order chi connectivity index (χ0) is 10.5. The van der Waals surface area contributed by atoms with E-state index in [-0.39, 0.29) is 0 Å². The maximum absolute atomic E-state index is 9.75. The molecule has 0 spiro atoms. The molecule has 0 aliphatic carbocycles. The molecule has 0 N–H and O–H groups in total. The van der Waals surface area contributed by atoms with Gasteiger partial charge in [-0.3, -0.25) is 0 Å². The topological polar surface area (TPSA) is 0 Å². The third kappa shape index (κ3) is 9.50. The minimum absolute atomic E-state index is 0.606. The van der Waals surface area contributed by atoms with Crippen LogP contribution < -0.4 is 0 Å². The Morgan fingerprint density at radius 1 is 0.846 bits per heavy atom. The minimum Gasteiger partial charge on any atom is -0.418 e. The van der Waals surface area contributed by atoms with E-state index in [1.807, 2.05) is 12.1 Å². The van der Waals surface area contributed by atoms with Gasteiger partial charge < -0.3 is 17.3 Å². The van der Waals surface area contributed by atoms with Crippen LogP contribution in [0.2, 0.25) is 10.0 Å². The van der Waals surface area contributed by atoms with Gasteiger partial charge in [0, 0.05) is 0 Å². The molecule has 0 radical (unpaired) electrons. The van der Waals surface area contributed by atoms with Crippen LogP contribution in [0.3, 0.4) is 0 Å². The molecule has 0 aromatic heterocycles. The summed E-state index contributed by atoms with van der Waals surface area (Å²) < 4.78 is 39.0. The molecule has 0 bridgehead atoms. The van der Waals surface area contributed by atoms with Gasteiger partial charge in [0.1, 0.15) is 0 Å². The molecular weight excluding hydrogens is 230 g/mol. The van der Waals surface area contributed by atoms with Crippen molar-refractivity contribution >= 4 is 30.5 Å². The molecule has 0 saturated carbocycles. The smallest absolute Gasteiger partial charge is 0.418 e. The van der Waals surface area contributed by atoms with Crippen molar-refractivity contribution in [2.75, 3.05) is 0 Å². The Kier molecular flexibility index (Phi) is 5.17. The fourth-order valence-corrected chi connectivity index (χ4v) is 0.711. The maximum atomic E-state index is 9.75.